The topological polar surface area (TPSA) is 0 Å². The smallest absolute Gasteiger partial charge is 0.108 e. The van der Waals surface area contributed by atoms with E-state index in [1.807, 2.05) is 31.2 Å². The van der Waals surface area contributed by atoms with Crippen LogP contribution in [0.1, 0.15) is 11.1 Å². The number of hydrogen-bond acceptors (Lipinski definition) is 0. The van der Waals surface area contributed by atoms with E-state index in [9.17, 15) is 4.39 Å². The van der Waals surface area contributed by atoms with Gasteiger partial charge in [-0.05, 0) is 18.1 Å². The Balaban J connectivity index is 3.04. The van der Waals surface area contributed by atoms with Crippen molar-refractivity contribution in [1.29, 1.82) is 0 Å². The van der Waals surface area contributed by atoms with Gasteiger partial charge in [-0.3, -0.25) is 0 Å². The van der Waals surface area contributed by atoms with Crippen LogP contribution in [0.4, 0.5) is 4.39 Å². The van der Waals surface area contributed by atoms with Crippen LogP contribution in [0.2, 0.25) is 0 Å². The molecule has 0 radical (unpaired) electrons. The van der Waals surface area contributed by atoms with E-state index in [0.717, 1.165) is 11.1 Å². The zero-order chi connectivity index (χ0) is 11.1. The van der Waals surface area contributed by atoms with Crippen LogP contribution < -0.4 is 0 Å². The standard InChI is InChI=1S/C14H15F/c1-3-6-13(9-5-10-15)14-8-4-7-12(2)11-14/h3-9,11H,1,10H2,2H3/b9-5-,13-6+. The van der Waals surface area contributed by atoms with Crippen LogP contribution in [-0.2, 0) is 0 Å². The minimum absolute atomic E-state index is 0.444. The Bertz CT molecular complexity index is 386. The molecule has 0 N–H and O–H groups in total. The molecule has 0 nitrogen and oxygen atoms in total. The van der Waals surface area contributed by atoms with Gasteiger partial charge < -0.3 is 0 Å². The first-order valence-corrected chi connectivity index (χ1v) is 4.90. The van der Waals surface area contributed by atoms with Gasteiger partial charge in [0.25, 0.3) is 0 Å². The average Bonchev–Trinajstić information content (AvgIpc) is 2.24. The van der Waals surface area contributed by atoms with Gasteiger partial charge >= 0.3 is 0 Å². The molecule has 15 heavy (non-hydrogen) atoms. The molecule has 0 saturated carbocycles. The van der Waals surface area contributed by atoms with Crippen molar-refractivity contribution in [3.8, 4) is 0 Å². The zero-order valence-corrected chi connectivity index (χ0v) is 8.91. The molecule has 0 atom stereocenters. The first-order chi connectivity index (χ1) is 7.27. The highest BCUT2D eigenvalue weighted by Gasteiger charge is 1.96. The average molecular weight is 202 g/mol. The lowest BCUT2D eigenvalue weighted by Gasteiger charge is -2.02. The van der Waals surface area contributed by atoms with E-state index < -0.39 is 6.67 Å². The van der Waals surface area contributed by atoms with Gasteiger partial charge in [0.15, 0.2) is 0 Å². The van der Waals surface area contributed by atoms with Crippen LogP contribution in [0.3, 0.4) is 0 Å². The zero-order valence-electron chi connectivity index (χ0n) is 8.91. The molecule has 0 amide bonds. The Morgan fingerprint density at radius 3 is 2.87 bits per heavy atom. The van der Waals surface area contributed by atoms with E-state index in [2.05, 4.69) is 12.6 Å². The van der Waals surface area contributed by atoms with Crippen LogP contribution in [0.15, 0.2) is 55.1 Å². The fourth-order valence-corrected chi connectivity index (χ4v) is 1.37. The fourth-order valence-electron chi connectivity index (χ4n) is 1.37. The molecule has 0 aliphatic rings. The van der Waals surface area contributed by atoms with E-state index in [4.69, 9.17) is 0 Å². The third-order valence-electron chi connectivity index (χ3n) is 2.04. The quantitative estimate of drug-likeness (QED) is 0.645. The second-order valence-corrected chi connectivity index (χ2v) is 3.28. The molecule has 78 valence electrons. The summed E-state index contributed by atoms with van der Waals surface area (Å²) in [7, 11) is 0. The number of halogens is 1. The van der Waals surface area contributed by atoms with Crippen molar-refractivity contribution < 1.29 is 4.39 Å². The van der Waals surface area contributed by atoms with Crippen LogP contribution in [-0.4, -0.2) is 6.67 Å². The van der Waals surface area contributed by atoms with Gasteiger partial charge in [0.05, 0.1) is 0 Å². The fraction of sp³-hybridized carbons (Fsp3) is 0.143. The third-order valence-corrected chi connectivity index (χ3v) is 2.04. The molecule has 0 bridgehead atoms. The number of rotatable bonds is 4. The highest BCUT2D eigenvalue weighted by Crippen LogP contribution is 2.17. The minimum atomic E-state index is -0.444. The highest BCUT2D eigenvalue weighted by atomic mass is 19.1. The molecule has 0 unspecified atom stereocenters. The van der Waals surface area contributed by atoms with E-state index in [1.165, 1.54) is 11.6 Å². The van der Waals surface area contributed by atoms with Crippen molar-refractivity contribution in [3.05, 3.63) is 66.3 Å². The maximum Gasteiger partial charge on any atom is 0.108 e. The molecular weight excluding hydrogens is 187 g/mol. The van der Waals surface area contributed by atoms with Crippen molar-refractivity contribution in [2.75, 3.05) is 6.67 Å². The number of hydrogen-bond donors (Lipinski definition) is 0. The Morgan fingerprint density at radius 2 is 2.27 bits per heavy atom. The lowest BCUT2D eigenvalue weighted by Crippen LogP contribution is -1.82. The molecule has 0 aliphatic carbocycles. The van der Waals surface area contributed by atoms with E-state index >= 15 is 0 Å². The molecule has 0 aliphatic heterocycles. The minimum Gasteiger partial charge on any atom is -0.247 e. The molecule has 0 saturated heterocycles. The second kappa shape index (κ2) is 5.97. The largest absolute Gasteiger partial charge is 0.247 e. The van der Waals surface area contributed by atoms with Gasteiger partial charge in [0.1, 0.15) is 6.67 Å². The molecule has 0 fully saturated rings. The summed E-state index contributed by atoms with van der Waals surface area (Å²) in [5.74, 6) is 0. The highest BCUT2D eigenvalue weighted by molar-refractivity contribution is 5.75. The third kappa shape index (κ3) is 3.55. The Morgan fingerprint density at radius 1 is 1.47 bits per heavy atom. The summed E-state index contributed by atoms with van der Waals surface area (Å²) < 4.78 is 12.0. The molecule has 1 aromatic rings. The number of benzene rings is 1. The van der Waals surface area contributed by atoms with Crippen LogP contribution in [0, 0.1) is 6.92 Å². The lowest BCUT2D eigenvalue weighted by atomic mass is 10.0. The van der Waals surface area contributed by atoms with Crippen LogP contribution >= 0.6 is 0 Å². The van der Waals surface area contributed by atoms with E-state index in [1.54, 1.807) is 12.2 Å². The van der Waals surface area contributed by atoms with Crippen molar-refractivity contribution >= 4 is 5.57 Å². The number of alkyl halides is 1. The van der Waals surface area contributed by atoms with E-state index in [-0.39, 0.29) is 0 Å². The monoisotopic (exact) mass is 202 g/mol. The summed E-state index contributed by atoms with van der Waals surface area (Å²) in [6.07, 6.45) is 6.86. The van der Waals surface area contributed by atoms with E-state index in [0.29, 0.717) is 0 Å². The number of allylic oxidation sites excluding steroid dienone is 5. The Labute approximate surface area is 90.4 Å². The molecule has 1 aromatic carbocycles. The van der Waals surface area contributed by atoms with Gasteiger partial charge in [-0.25, -0.2) is 4.39 Å². The predicted molar refractivity (Wildman–Crippen MR) is 64.5 cm³/mol. The molecule has 0 spiro atoms. The van der Waals surface area contributed by atoms with Gasteiger partial charge in [-0.15, -0.1) is 0 Å². The first-order valence-electron chi connectivity index (χ1n) is 4.90. The van der Waals surface area contributed by atoms with Crippen molar-refractivity contribution in [3.63, 3.8) is 0 Å². The summed E-state index contributed by atoms with van der Waals surface area (Å²) in [6.45, 7) is 5.24. The van der Waals surface area contributed by atoms with Gasteiger partial charge in [-0.1, -0.05) is 60.7 Å². The molecule has 0 aromatic heterocycles. The molecule has 0 heterocycles. The number of aryl methyl sites for hydroxylation is 1. The maximum atomic E-state index is 12.0. The van der Waals surface area contributed by atoms with Crippen LogP contribution in [0.5, 0.6) is 0 Å². The van der Waals surface area contributed by atoms with Crippen molar-refractivity contribution in [1.82, 2.24) is 0 Å². The molecule has 1 rings (SSSR count). The summed E-state index contributed by atoms with van der Waals surface area (Å²) >= 11 is 0. The van der Waals surface area contributed by atoms with Crippen LogP contribution in [0.25, 0.3) is 5.57 Å². The second-order valence-electron chi connectivity index (χ2n) is 3.28. The van der Waals surface area contributed by atoms with Crippen molar-refractivity contribution in [2.24, 2.45) is 0 Å². The lowest BCUT2D eigenvalue weighted by molar-refractivity contribution is 0.562. The summed E-state index contributed by atoms with van der Waals surface area (Å²) in [6, 6.07) is 8.10. The van der Waals surface area contributed by atoms with Crippen molar-refractivity contribution in [2.45, 2.75) is 6.92 Å². The summed E-state index contributed by atoms with van der Waals surface area (Å²) in [5, 5.41) is 0. The summed E-state index contributed by atoms with van der Waals surface area (Å²) in [5.41, 5.74) is 3.25. The van der Waals surface area contributed by atoms with Gasteiger partial charge in [0, 0.05) is 0 Å². The molecule has 1 heteroatoms. The SMILES string of the molecule is C=C/C=C(\C=C/CF)c1cccc(C)c1. The molecular formula is C14H15F. The maximum absolute atomic E-state index is 12.0. The normalized spacial score (nSPS) is 12.0. The van der Waals surface area contributed by atoms with Gasteiger partial charge in [-0.2, -0.15) is 0 Å². The predicted octanol–water partition coefficient (Wildman–Crippen LogP) is 4.09. The first kappa shape index (κ1) is 11.4. The Kier molecular flexibility index (Phi) is 4.55. The summed E-state index contributed by atoms with van der Waals surface area (Å²) in [4.78, 5) is 0. The van der Waals surface area contributed by atoms with Gasteiger partial charge in [0.2, 0.25) is 0 Å². The Hall–Kier alpha value is -1.63.